The van der Waals surface area contributed by atoms with Gasteiger partial charge in [-0.1, -0.05) is 18.2 Å². The van der Waals surface area contributed by atoms with Gasteiger partial charge in [0, 0.05) is 37.6 Å². The van der Waals surface area contributed by atoms with Crippen molar-refractivity contribution in [1.29, 1.82) is 0 Å². The molecule has 6 heteroatoms. The molecule has 26 heavy (non-hydrogen) atoms. The minimum Gasteiger partial charge on any atom is -0.492 e. The maximum absolute atomic E-state index is 10.2. The first-order valence-electron chi connectivity index (χ1n) is 9.23. The molecule has 0 radical (unpaired) electrons. The zero-order valence-corrected chi connectivity index (χ0v) is 16.2. The van der Waals surface area contributed by atoms with E-state index in [1.54, 1.807) is 11.3 Å². The predicted molar refractivity (Wildman–Crippen MR) is 106 cm³/mol. The summed E-state index contributed by atoms with van der Waals surface area (Å²) in [5, 5.41) is 12.3. The van der Waals surface area contributed by atoms with Gasteiger partial charge in [-0.15, -0.1) is 11.3 Å². The van der Waals surface area contributed by atoms with Gasteiger partial charge in [0.2, 0.25) is 0 Å². The van der Waals surface area contributed by atoms with Crippen molar-refractivity contribution in [2.45, 2.75) is 19.6 Å². The van der Waals surface area contributed by atoms with Crippen molar-refractivity contribution in [1.82, 2.24) is 4.90 Å². The summed E-state index contributed by atoms with van der Waals surface area (Å²) in [7, 11) is 0. The second kappa shape index (κ2) is 9.92. The number of β-amino-alcohol motifs (C(OH)–C–C–N with tert-alkyl or cyclic N) is 1. The van der Waals surface area contributed by atoms with E-state index in [2.05, 4.69) is 28.0 Å². The minimum absolute atomic E-state index is 0.380. The lowest BCUT2D eigenvalue weighted by Crippen LogP contribution is -2.49. The second-order valence-corrected chi connectivity index (χ2v) is 7.47. The Hall–Kier alpha value is -1.60. The maximum Gasteiger partial charge on any atom is 0.142 e. The van der Waals surface area contributed by atoms with Crippen LogP contribution in [0.15, 0.2) is 41.8 Å². The van der Waals surface area contributed by atoms with Gasteiger partial charge in [-0.25, -0.2) is 0 Å². The lowest BCUT2D eigenvalue weighted by Gasteiger charge is -2.37. The number of rotatable bonds is 9. The molecule has 0 amide bonds. The van der Waals surface area contributed by atoms with Crippen LogP contribution in [0.5, 0.6) is 5.75 Å². The first-order chi connectivity index (χ1) is 12.8. The normalized spacial score (nSPS) is 16.6. The maximum atomic E-state index is 10.2. The zero-order chi connectivity index (χ0) is 18.2. The van der Waals surface area contributed by atoms with Crippen LogP contribution in [0.1, 0.15) is 11.8 Å². The van der Waals surface area contributed by atoms with E-state index in [-0.39, 0.29) is 0 Å². The highest BCUT2D eigenvalue weighted by atomic mass is 32.1. The van der Waals surface area contributed by atoms with E-state index in [0.717, 1.165) is 37.6 Å². The van der Waals surface area contributed by atoms with E-state index >= 15 is 0 Å². The number of ether oxygens (including phenoxy) is 2. The molecule has 1 N–H and O–H groups in total. The number of hydrogen-bond acceptors (Lipinski definition) is 6. The van der Waals surface area contributed by atoms with E-state index in [1.165, 1.54) is 4.88 Å². The van der Waals surface area contributed by atoms with E-state index in [1.807, 2.05) is 30.5 Å². The molecule has 1 aliphatic rings. The van der Waals surface area contributed by atoms with Crippen LogP contribution in [-0.2, 0) is 11.3 Å². The fourth-order valence-electron chi connectivity index (χ4n) is 3.21. The van der Waals surface area contributed by atoms with Crippen LogP contribution in [0.4, 0.5) is 5.69 Å². The van der Waals surface area contributed by atoms with Crippen molar-refractivity contribution in [2.75, 3.05) is 50.8 Å². The molecule has 0 unspecified atom stereocenters. The third-order valence-electron chi connectivity index (χ3n) is 4.48. The molecule has 2 aromatic rings. The van der Waals surface area contributed by atoms with Gasteiger partial charge in [-0.05, 0) is 30.5 Å². The number of aliphatic hydroxyl groups excluding tert-OH is 1. The van der Waals surface area contributed by atoms with Crippen LogP contribution in [-0.4, -0.2) is 62.0 Å². The Balaban J connectivity index is 1.41. The van der Waals surface area contributed by atoms with Gasteiger partial charge in [0.1, 0.15) is 5.75 Å². The third kappa shape index (κ3) is 5.45. The lowest BCUT2D eigenvalue weighted by molar-refractivity contribution is 0.00990. The molecule has 142 valence electrons. The number of para-hydroxylation sites is 2. The van der Waals surface area contributed by atoms with Crippen molar-refractivity contribution in [3.8, 4) is 5.75 Å². The van der Waals surface area contributed by atoms with Gasteiger partial charge < -0.3 is 19.5 Å². The molecule has 1 aromatic carbocycles. The highest BCUT2D eigenvalue weighted by Gasteiger charge is 2.21. The summed E-state index contributed by atoms with van der Waals surface area (Å²) in [5.74, 6) is 0.950. The molecule has 1 saturated heterocycles. The van der Waals surface area contributed by atoms with E-state index in [9.17, 15) is 5.11 Å². The van der Waals surface area contributed by atoms with E-state index < -0.39 is 6.10 Å². The number of piperazine rings is 1. The molecule has 5 nitrogen and oxygen atoms in total. The minimum atomic E-state index is -0.447. The number of nitrogens with zero attached hydrogens (tertiary/aromatic N) is 2. The van der Waals surface area contributed by atoms with E-state index in [0.29, 0.717) is 26.4 Å². The van der Waals surface area contributed by atoms with Gasteiger partial charge in [-0.2, -0.15) is 0 Å². The molecule has 3 rings (SSSR count). The standard InChI is InChI=1S/C20H28N2O3S/c1-2-25-20-8-4-3-7-19(20)22-11-9-21(10-12-22)14-17(23)15-24-16-18-6-5-13-26-18/h3-8,13,17,23H,2,9-12,14-16H2,1H3/t17-/m1/s1. The van der Waals surface area contributed by atoms with Gasteiger partial charge in [-0.3, -0.25) is 4.90 Å². The van der Waals surface area contributed by atoms with Crippen LogP contribution >= 0.6 is 11.3 Å². The molecular weight excluding hydrogens is 348 g/mol. The lowest BCUT2D eigenvalue weighted by atomic mass is 10.2. The molecule has 1 fully saturated rings. The summed E-state index contributed by atoms with van der Waals surface area (Å²) in [4.78, 5) is 5.86. The van der Waals surface area contributed by atoms with E-state index in [4.69, 9.17) is 9.47 Å². The zero-order valence-electron chi connectivity index (χ0n) is 15.3. The Morgan fingerprint density at radius 2 is 1.92 bits per heavy atom. The Kier molecular flexibility index (Phi) is 7.32. The molecule has 0 spiro atoms. The Morgan fingerprint density at radius 1 is 1.12 bits per heavy atom. The third-order valence-corrected chi connectivity index (χ3v) is 5.33. The van der Waals surface area contributed by atoms with Crippen molar-refractivity contribution in [3.05, 3.63) is 46.7 Å². The van der Waals surface area contributed by atoms with Crippen molar-refractivity contribution < 1.29 is 14.6 Å². The first kappa shape index (κ1) is 19.2. The molecule has 0 saturated carbocycles. The largest absolute Gasteiger partial charge is 0.492 e. The monoisotopic (exact) mass is 376 g/mol. The summed E-state index contributed by atoms with van der Waals surface area (Å²) in [6.45, 7) is 8.04. The van der Waals surface area contributed by atoms with Crippen LogP contribution in [0.25, 0.3) is 0 Å². The van der Waals surface area contributed by atoms with Crippen molar-refractivity contribution in [3.63, 3.8) is 0 Å². The quantitative estimate of drug-likeness (QED) is 0.729. The van der Waals surface area contributed by atoms with Gasteiger partial charge in [0.15, 0.2) is 0 Å². The predicted octanol–water partition coefficient (Wildman–Crippen LogP) is 2.85. The Bertz CT molecular complexity index is 642. The van der Waals surface area contributed by atoms with Crippen LogP contribution in [0, 0.1) is 0 Å². The summed E-state index contributed by atoms with van der Waals surface area (Å²) < 4.78 is 11.4. The Morgan fingerprint density at radius 3 is 2.65 bits per heavy atom. The second-order valence-electron chi connectivity index (χ2n) is 6.44. The molecule has 2 heterocycles. The van der Waals surface area contributed by atoms with Gasteiger partial charge in [0.05, 0.1) is 31.6 Å². The fourth-order valence-corrected chi connectivity index (χ4v) is 3.85. The molecule has 0 bridgehead atoms. The van der Waals surface area contributed by atoms with Crippen LogP contribution in [0.2, 0.25) is 0 Å². The summed E-state index contributed by atoms with van der Waals surface area (Å²) in [6, 6.07) is 12.3. The van der Waals surface area contributed by atoms with Gasteiger partial charge in [0.25, 0.3) is 0 Å². The number of thiophene rings is 1. The van der Waals surface area contributed by atoms with Crippen LogP contribution in [0.3, 0.4) is 0 Å². The van der Waals surface area contributed by atoms with Crippen molar-refractivity contribution in [2.24, 2.45) is 0 Å². The van der Waals surface area contributed by atoms with Crippen LogP contribution < -0.4 is 9.64 Å². The summed E-state index contributed by atoms with van der Waals surface area (Å²) >= 11 is 1.68. The topological polar surface area (TPSA) is 45.2 Å². The van der Waals surface area contributed by atoms with Crippen molar-refractivity contribution >= 4 is 17.0 Å². The smallest absolute Gasteiger partial charge is 0.142 e. The molecule has 1 aliphatic heterocycles. The number of anilines is 1. The Labute approximate surface area is 159 Å². The summed E-state index contributed by atoms with van der Waals surface area (Å²) in [6.07, 6.45) is -0.447. The fraction of sp³-hybridized carbons (Fsp3) is 0.500. The molecule has 1 atom stereocenters. The SMILES string of the molecule is CCOc1ccccc1N1CCN(C[C@@H](O)COCc2cccs2)CC1. The van der Waals surface area contributed by atoms with Gasteiger partial charge >= 0.3 is 0 Å². The highest BCUT2D eigenvalue weighted by molar-refractivity contribution is 7.09. The average Bonchev–Trinajstić information content (AvgIpc) is 3.17. The average molecular weight is 377 g/mol. The molecule has 0 aliphatic carbocycles. The number of hydrogen-bond donors (Lipinski definition) is 1. The molecule has 1 aromatic heterocycles. The molecular formula is C20H28N2O3S. The number of benzene rings is 1. The number of aliphatic hydroxyl groups is 1. The highest BCUT2D eigenvalue weighted by Crippen LogP contribution is 2.28. The first-order valence-corrected chi connectivity index (χ1v) is 10.1. The summed E-state index contributed by atoms with van der Waals surface area (Å²) in [5.41, 5.74) is 1.16.